The Morgan fingerprint density at radius 2 is 1.42 bits per heavy atom. The topological polar surface area (TPSA) is 15.3 Å². The number of anilines is 2. The van der Waals surface area contributed by atoms with Crippen molar-refractivity contribution in [2.45, 2.75) is 47.4 Å². The van der Waals surface area contributed by atoms with Crippen LogP contribution in [0, 0.1) is 5.92 Å². The first-order valence-corrected chi connectivity index (χ1v) is 10.1. The Morgan fingerprint density at radius 3 is 1.96 bits per heavy atom. The van der Waals surface area contributed by atoms with Crippen LogP contribution in [0.5, 0.6) is 0 Å². The van der Waals surface area contributed by atoms with Gasteiger partial charge in [0.1, 0.15) is 0 Å². The van der Waals surface area contributed by atoms with Crippen molar-refractivity contribution in [1.29, 1.82) is 0 Å². The molecule has 24 heavy (non-hydrogen) atoms. The number of fused-ring (bicyclic) bond motifs is 2. The number of hydrogen-bond acceptors (Lipinski definition) is 3. The Morgan fingerprint density at radius 1 is 0.833 bits per heavy atom. The van der Waals surface area contributed by atoms with Crippen molar-refractivity contribution in [3.63, 3.8) is 0 Å². The number of nitrogens with zero attached hydrogens (tertiary/aromatic N) is 1. The van der Waals surface area contributed by atoms with Crippen molar-refractivity contribution in [3.05, 3.63) is 48.5 Å². The second-order valence-corrected chi connectivity index (χ2v) is 8.50. The maximum absolute atomic E-state index is 3.61. The van der Waals surface area contributed by atoms with Gasteiger partial charge < -0.3 is 10.2 Å². The molecule has 0 unspecified atom stereocenters. The highest BCUT2D eigenvalue weighted by Crippen LogP contribution is 2.54. The van der Waals surface area contributed by atoms with Crippen LogP contribution in [0.4, 0.5) is 11.4 Å². The van der Waals surface area contributed by atoms with Crippen LogP contribution in [-0.4, -0.2) is 18.6 Å². The molecule has 2 aromatic carbocycles. The van der Waals surface area contributed by atoms with Gasteiger partial charge in [-0.1, -0.05) is 55.3 Å². The first-order valence-electron chi connectivity index (χ1n) is 9.25. The van der Waals surface area contributed by atoms with E-state index in [1.165, 1.54) is 53.3 Å². The summed E-state index contributed by atoms with van der Waals surface area (Å²) in [6, 6.07) is 17.9. The molecule has 0 bridgehead atoms. The van der Waals surface area contributed by atoms with Gasteiger partial charge >= 0.3 is 0 Å². The normalized spacial score (nSPS) is 22.4. The van der Waals surface area contributed by atoms with Crippen LogP contribution in [0.1, 0.15) is 32.1 Å². The Bertz CT molecular complexity index is 702. The molecule has 3 aliphatic rings. The van der Waals surface area contributed by atoms with Gasteiger partial charge in [-0.3, -0.25) is 0 Å². The fourth-order valence-electron chi connectivity index (χ4n) is 4.83. The van der Waals surface area contributed by atoms with Gasteiger partial charge in [-0.2, -0.15) is 0 Å². The van der Waals surface area contributed by atoms with E-state index in [-0.39, 0.29) is 5.54 Å². The van der Waals surface area contributed by atoms with Crippen LogP contribution < -0.4 is 10.2 Å². The van der Waals surface area contributed by atoms with Gasteiger partial charge in [-0.25, -0.2) is 0 Å². The Hall–Kier alpha value is -1.45. The van der Waals surface area contributed by atoms with E-state index in [4.69, 9.17) is 0 Å². The van der Waals surface area contributed by atoms with Crippen molar-refractivity contribution in [2.24, 2.45) is 5.92 Å². The van der Waals surface area contributed by atoms with Gasteiger partial charge in [-0.15, -0.1) is 0 Å². The molecule has 2 aliphatic heterocycles. The zero-order valence-corrected chi connectivity index (χ0v) is 14.8. The van der Waals surface area contributed by atoms with E-state index >= 15 is 0 Å². The molecule has 124 valence electrons. The van der Waals surface area contributed by atoms with Gasteiger partial charge in [0.15, 0.2) is 0 Å². The molecular formula is C21H24N2S. The first kappa shape index (κ1) is 14.9. The molecule has 1 saturated heterocycles. The highest BCUT2D eigenvalue weighted by atomic mass is 32.2. The predicted octanol–water partition coefficient (Wildman–Crippen LogP) is 5.21. The largest absolute Gasteiger partial charge is 0.331 e. The minimum Gasteiger partial charge on any atom is -0.331 e. The van der Waals surface area contributed by atoms with E-state index in [1.54, 1.807) is 0 Å². The lowest BCUT2D eigenvalue weighted by Crippen LogP contribution is -2.72. The van der Waals surface area contributed by atoms with Crippen LogP contribution in [-0.2, 0) is 0 Å². The van der Waals surface area contributed by atoms with Gasteiger partial charge in [0.2, 0.25) is 0 Å². The van der Waals surface area contributed by atoms with Gasteiger partial charge in [0, 0.05) is 22.9 Å². The molecule has 2 heterocycles. The minimum absolute atomic E-state index is 0.258. The van der Waals surface area contributed by atoms with E-state index in [0.717, 1.165) is 19.0 Å². The molecule has 3 heteroatoms. The smallest absolute Gasteiger partial charge is 0.0728 e. The maximum Gasteiger partial charge on any atom is 0.0728 e. The number of para-hydroxylation sites is 2. The van der Waals surface area contributed by atoms with Crippen LogP contribution in [0.2, 0.25) is 0 Å². The first-order chi connectivity index (χ1) is 11.9. The van der Waals surface area contributed by atoms with Gasteiger partial charge in [0.05, 0.1) is 16.9 Å². The maximum atomic E-state index is 3.61. The van der Waals surface area contributed by atoms with Crippen molar-refractivity contribution in [1.82, 2.24) is 5.32 Å². The minimum atomic E-state index is 0.258. The molecule has 0 atom stereocenters. The molecule has 1 aliphatic carbocycles. The zero-order chi connectivity index (χ0) is 16.0. The molecule has 0 spiro atoms. The summed E-state index contributed by atoms with van der Waals surface area (Å²) >= 11 is 1.92. The van der Waals surface area contributed by atoms with Gasteiger partial charge in [-0.05, 0) is 43.0 Å². The van der Waals surface area contributed by atoms with E-state index in [9.17, 15) is 0 Å². The third kappa shape index (κ3) is 2.14. The number of nitrogens with one attached hydrogen (secondary N) is 1. The number of hydrogen-bond donors (Lipinski definition) is 1. The van der Waals surface area contributed by atoms with Crippen molar-refractivity contribution < 1.29 is 0 Å². The summed E-state index contributed by atoms with van der Waals surface area (Å²) in [6.07, 6.45) is 6.99. The average molecular weight is 337 g/mol. The second-order valence-electron chi connectivity index (χ2n) is 7.41. The van der Waals surface area contributed by atoms with E-state index < -0.39 is 0 Å². The summed E-state index contributed by atoms with van der Waals surface area (Å²) in [5, 5.41) is 3.61. The Labute approximate surface area is 148 Å². The van der Waals surface area contributed by atoms with E-state index in [0.29, 0.717) is 0 Å². The lowest BCUT2D eigenvalue weighted by Gasteiger charge is -2.58. The van der Waals surface area contributed by atoms with E-state index in [1.807, 2.05) is 11.8 Å². The Kier molecular flexibility index (Phi) is 3.60. The van der Waals surface area contributed by atoms with Crippen LogP contribution in [0.25, 0.3) is 0 Å². The molecule has 2 nitrogen and oxygen atoms in total. The van der Waals surface area contributed by atoms with E-state index in [2.05, 4.69) is 58.7 Å². The van der Waals surface area contributed by atoms with Crippen molar-refractivity contribution in [3.8, 4) is 0 Å². The average Bonchev–Trinajstić information content (AvgIpc) is 2.61. The third-order valence-corrected chi connectivity index (χ3v) is 7.24. The number of benzene rings is 2. The summed E-state index contributed by atoms with van der Waals surface area (Å²) in [7, 11) is 0. The highest BCUT2D eigenvalue weighted by molar-refractivity contribution is 7.99. The molecule has 0 aromatic heterocycles. The quantitative estimate of drug-likeness (QED) is 0.810. The van der Waals surface area contributed by atoms with Crippen molar-refractivity contribution >= 4 is 23.1 Å². The fraction of sp³-hybridized carbons (Fsp3) is 0.429. The summed E-state index contributed by atoms with van der Waals surface area (Å²) in [5.41, 5.74) is 3.08. The molecule has 0 amide bonds. The SMILES string of the molecule is c1ccc2c(c1)Sc1ccccc1N2C1(C2CCCCC2)CNC1. The molecule has 5 rings (SSSR count). The summed E-state index contributed by atoms with van der Waals surface area (Å²) in [5.74, 6) is 0.803. The zero-order valence-electron chi connectivity index (χ0n) is 14.0. The number of rotatable bonds is 2. The molecule has 0 radical (unpaired) electrons. The lowest BCUT2D eigenvalue weighted by molar-refractivity contribution is 0.139. The lowest BCUT2D eigenvalue weighted by atomic mass is 9.69. The van der Waals surface area contributed by atoms with Gasteiger partial charge in [0.25, 0.3) is 0 Å². The van der Waals surface area contributed by atoms with Crippen LogP contribution in [0.3, 0.4) is 0 Å². The predicted molar refractivity (Wildman–Crippen MR) is 101 cm³/mol. The summed E-state index contributed by atoms with van der Waals surface area (Å²) in [6.45, 7) is 2.23. The standard InChI is InChI=1S/C21H24N2S/c1-2-8-16(9-3-1)21(14-22-15-21)23-17-10-4-6-12-19(17)24-20-13-7-5-11-18(20)23/h4-7,10-13,16,22H,1-3,8-9,14-15H2. The molecule has 2 fully saturated rings. The summed E-state index contributed by atoms with van der Waals surface area (Å²) in [4.78, 5) is 5.51. The van der Waals surface area contributed by atoms with Crippen LogP contribution >= 0.6 is 11.8 Å². The molecule has 2 aromatic rings. The Balaban J connectivity index is 1.66. The van der Waals surface area contributed by atoms with Crippen LogP contribution in [0.15, 0.2) is 58.3 Å². The molecule has 1 saturated carbocycles. The van der Waals surface area contributed by atoms with Crippen molar-refractivity contribution in [2.75, 3.05) is 18.0 Å². The third-order valence-electron chi connectivity index (χ3n) is 6.10. The fourth-order valence-corrected chi connectivity index (χ4v) is 5.89. The monoisotopic (exact) mass is 336 g/mol. The molecule has 1 N–H and O–H groups in total. The highest BCUT2D eigenvalue weighted by Gasteiger charge is 2.51. The summed E-state index contributed by atoms with van der Waals surface area (Å²) < 4.78 is 0. The molecular weight excluding hydrogens is 312 g/mol. The second kappa shape index (κ2) is 5.82.